The SMILES string of the molecule is Cc1cc(C2CCCNC2)oc(=O)c1C(=O)N1CCc2nc(N)sc2C1.Cl.Cl. The summed E-state index contributed by atoms with van der Waals surface area (Å²) < 4.78 is 5.54. The van der Waals surface area contributed by atoms with E-state index < -0.39 is 5.63 Å². The molecule has 0 saturated carbocycles. The second kappa shape index (κ2) is 9.26. The summed E-state index contributed by atoms with van der Waals surface area (Å²) in [7, 11) is 0. The molecule has 4 rings (SSSR count). The monoisotopic (exact) mass is 446 g/mol. The van der Waals surface area contributed by atoms with Crippen LogP contribution in [-0.4, -0.2) is 35.4 Å². The van der Waals surface area contributed by atoms with Crippen LogP contribution < -0.4 is 16.7 Å². The number of nitrogens with zero attached hydrogens (tertiary/aromatic N) is 2. The highest BCUT2D eigenvalue weighted by atomic mass is 35.5. The van der Waals surface area contributed by atoms with Gasteiger partial charge in [0.05, 0.1) is 12.2 Å². The number of hydrogen-bond acceptors (Lipinski definition) is 7. The first-order valence-corrected chi connectivity index (χ1v) is 9.73. The molecular formula is C18H24Cl2N4O3S. The minimum absolute atomic E-state index is 0. The molecule has 28 heavy (non-hydrogen) atoms. The van der Waals surface area contributed by atoms with Gasteiger partial charge in [-0.15, -0.1) is 36.2 Å². The number of amides is 1. The van der Waals surface area contributed by atoms with Crippen molar-refractivity contribution >= 4 is 47.2 Å². The van der Waals surface area contributed by atoms with Crippen LogP contribution in [0.25, 0.3) is 0 Å². The summed E-state index contributed by atoms with van der Waals surface area (Å²) in [6.07, 6.45) is 2.71. The van der Waals surface area contributed by atoms with E-state index in [0.717, 1.165) is 36.5 Å². The number of nitrogens with two attached hydrogens (primary N) is 1. The maximum absolute atomic E-state index is 13.0. The number of halogens is 2. The molecule has 1 unspecified atom stereocenters. The Bertz CT molecular complexity index is 909. The molecule has 2 aromatic rings. The predicted octanol–water partition coefficient (Wildman–Crippen LogP) is 2.50. The van der Waals surface area contributed by atoms with Crippen molar-refractivity contribution in [3.8, 4) is 0 Å². The number of rotatable bonds is 2. The zero-order valence-electron chi connectivity index (χ0n) is 15.5. The largest absolute Gasteiger partial charge is 0.427 e. The molecule has 154 valence electrons. The van der Waals surface area contributed by atoms with Crippen LogP contribution in [0.2, 0.25) is 0 Å². The molecule has 3 N–H and O–H groups in total. The highest BCUT2D eigenvalue weighted by Gasteiger charge is 2.29. The number of hydrogen-bond donors (Lipinski definition) is 2. The number of anilines is 1. The average molecular weight is 447 g/mol. The Labute approximate surface area is 179 Å². The van der Waals surface area contributed by atoms with Gasteiger partial charge in [0.2, 0.25) is 0 Å². The highest BCUT2D eigenvalue weighted by Crippen LogP contribution is 2.28. The molecule has 0 bridgehead atoms. The van der Waals surface area contributed by atoms with Gasteiger partial charge in [0.15, 0.2) is 5.13 Å². The molecule has 10 heteroatoms. The van der Waals surface area contributed by atoms with Crippen molar-refractivity contribution in [3.05, 3.63) is 43.9 Å². The molecule has 2 aromatic heterocycles. The third-order valence-electron chi connectivity index (χ3n) is 5.12. The van der Waals surface area contributed by atoms with Gasteiger partial charge < -0.3 is 20.4 Å². The zero-order chi connectivity index (χ0) is 18.3. The standard InChI is InChI=1S/C18H22N4O3S.2ClH/c1-10-7-13(11-3-2-5-20-8-11)25-17(24)15(10)16(23)22-6-4-12-14(9-22)26-18(19)21-12;;/h7,11,20H,2-6,8-9H2,1H3,(H2,19,21);2*1H. The lowest BCUT2D eigenvalue weighted by Crippen LogP contribution is -2.38. The highest BCUT2D eigenvalue weighted by molar-refractivity contribution is 7.15. The number of nitrogens with one attached hydrogen (secondary N) is 1. The molecule has 1 fully saturated rings. The second-order valence-electron chi connectivity index (χ2n) is 6.94. The van der Waals surface area contributed by atoms with Crippen LogP contribution in [0.5, 0.6) is 0 Å². The third kappa shape index (κ3) is 4.35. The van der Waals surface area contributed by atoms with E-state index in [9.17, 15) is 9.59 Å². The number of thiazole rings is 1. The zero-order valence-corrected chi connectivity index (χ0v) is 18.0. The summed E-state index contributed by atoms with van der Waals surface area (Å²) in [5, 5.41) is 3.84. The van der Waals surface area contributed by atoms with Gasteiger partial charge in [-0.05, 0) is 37.9 Å². The average Bonchev–Trinajstić information content (AvgIpc) is 3.00. The first kappa shape index (κ1) is 22.7. The molecule has 1 amide bonds. The summed E-state index contributed by atoms with van der Waals surface area (Å²) in [6.45, 7) is 4.58. The quantitative estimate of drug-likeness (QED) is 0.734. The summed E-state index contributed by atoms with van der Waals surface area (Å²) in [4.78, 5) is 32.5. The Morgan fingerprint density at radius 2 is 2.21 bits per heavy atom. The second-order valence-corrected chi connectivity index (χ2v) is 8.05. The molecule has 0 radical (unpaired) electrons. The Hall–Kier alpha value is -1.61. The van der Waals surface area contributed by atoms with Crippen LogP contribution in [0.3, 0.4) is 0 Å². The summed E-state index contributed by atoms with van der Waals surface area (Å²) in [5.41, 5.74) is 7.00. The summed E-state index contributed by atoms with van der Waals surface area (Å²) in [6, 6.07) is 1.85. The number of piperidine rings is 1. The molecule has 0 spiro atoms. The van der Waals surface area contributed by atoms with Crippen LogP contribution in [0.1, 0.15) is 51.0 Å². The number of fused-ring (bicyclic) bond motifs is 1. The molecule has 7 nitrogen and oxygen atoms in total. The third-order valence-corrected chi connectivity index (χ3v) is 6.03. The molecule has 2 aliphatic rings. The van der Waals surface area contributed by atoms with Gasteiger partial charge in [-0.3, -0.25) is 4.79 Å². The van der Waals surface area contributed by atoms with Crippen molar-refractivity contribution in [2.75, 3.05) is 25.4 Å². The number of carbonyl (C=O) groups is 1. The topological polar surface area (TPSA) is 101 Å². The lowest BCUT2D eigenvalue weighted by atomic mass is 9.95. The van der Waals surface area contributed by atoms with Crippen LogP contribution in [0.4, 0.5) is 5.13 Å². The van der Waals surface area contributed by atoms with Gasteiger partial charge >= 0.3 is 5.63 Å². The number of nitrogen functional groups attached to an aromatic ring is 1. The van der Waals surface area contributed by atoms with Crippen LogP contribution >= 0.6 is 36.2 Å². The van der Waals surface area contributed by atoms with Crippen LogP contribution in [0.15, 0.2) is 15.3 Å². The first-order chi connectivity index (χ1) is 12.5. The normalized spacial score (nSPS) is 18.6. The van der Waals surface area contributed by atoms with Gasteiger partial charge in [0, 0.05) is 30.3 Å². The van der Waals surface area contributed by atoms with Gasteiger partial charge in [-0.1, -0.05) is 0 Å². The fraction of sp³-hybridized carbons (Fsp3) is 0.500. The molecule has 4 heterocycles. The minimum atomic E-state index is -0.537. The van der Waals surface area contributed by atoms with Crippen molar-refractivity contribution in [2.45, 2.75) is 38.6 Å². The predicted molar refractivity (Wildman–Crippen MR) is 114 cm³/mol. The van der Waals surface area contributed by atoms with Crippen molar-refractivity contribution in [1.82, 2.24) is 15.2 Å². The molecule has 1 saturated heterocycles. The van der Waals surface area contributed by atoms with Crippen molar-refractivity contribution in [3.63, 3.8) is 0 Å². The Morgan fingerprint density at radius 3 is 2.89 bits per heavy atom. The van der Waals surface area contributed by atoms with E-state index in [-0.39, 0.29) is 42.2 Å². The lowest BCUT2D eigenvalue weighted by Gasteiger charge is -2.26. The number of aryl methyl sites for hydroxylation is 1. The molecular weight excluding hydrogens is 423 g/mol. The molecule has 2 aliphatic heterocycles. The Morgan fingerprint density at radius 1 is 1.43 bits per heavy atom. The van der Waals surface area contributed by atoms with Gasteiger partial charge in [-0.2, -0.15) is 0 Å². The number of carbonyl (C=O) groups excluding carboxylic acids is 1. The number of aromatic nitrogens is 1. The van der Waals surface area contributed by atoms with Crippen molar-refractivity contribution in [1.29, 1.82) is 0 Å². The Balaban J connectivity index is 0.00000140. The van der Waals surface area contributed by atoms with Gasteiger partial charge in [0.1, 0.15) is 11.3 Å². The van der Waals surface area contributed by atoms with E-state index in [4.69, 9.17) is 10.2 Å². The van der Waals surface area contributed by atoms with E-state index in [1.54, 1.807) is 4.90 Å². The van der Waals surface area contributed by atoms with Gasteiger partial charge in [-0.25, -0.2) is 9.78 Å². The van der Waals surface area contributed by atoms with Gasteiger partial charge in [0.25, 0.3) is 5.91 Å². The van der Waals surface area contributed by atoms with E-state index >= 15 is 0 Å². The van der Waals surface area contributed by atoms with Crippen LogP contribution in [-0.2, 0) is 13.0 Å². The summed E-state index contributed by atoms with van der Waals surface area (Å²) >= 11 is 1.40. The van der Waals surface area contributed by atoms with E-state index in [1.165, 1.54) is 11.3 Å². The maximum atomic E-state index is 13.0. The molecule has 0 aliphatic carbocycles. The van der Waals surface area contributed by atoms with Crippen LogP contribution in [0, 0.1) is 6.92 Å². The maximum Gasteiger partial charge on any atom is 0.349 e. The fourth-order valence-corrected chi connectivity index (χ4v) is 4.63. The van der Waals surface area contributed by atoms with E-state index in [2.05, 4.69) is 10.3 Å². The molecule has 0 aromatic carbocycles. The van der Waals surface area contributed by atoms with E-state index in [0.29, 0.717) is 36.0 Å². The minimum Gasteiger partial charge on any atom is -0.427 e. The smallest absolute Gasteiger partial charge is 0.349 e. The molecule has 1 atom stereocenters. The Kier molecular flexibility index (Phi) is 7.50. The van der Waals surface area contributed by atoms with Crippen molar-refractivity contribution in [2.24, 2.45) is 0 Å². The van der Waals surface area contributed by atoms with Crippen molar-refractivity contribution < 1.29 is 9.21 Å². The fourth-order valence-electron chi connectivity index (χ4n) is 3.73. The van der Waals surface area contributed by atoms with E-state index in [1.807, 2.05) is 13.0 Å². The lowest BCUT2D eigenvalue weighted by molar-refractivity contribution is 0.0730. The first-order valence-electron chi connectivity index (χ1n) is 8.91. The summed E-state index contributed by atoms with van der Waals surface area (Å²) in [5.74, 6) is 0.589.